The Hall–Kier alpha value is -2.02. The van der Waals surface area contributed by atoms with Gasteiger partial charge in [-0.05, 0) is 30.7 Å². The van der Waals surface area contributed by atoms with E-state index in [0.29, 0.717) is 11.3 Å². The molecule has 76 valence electrons. The molecule has 2 rings (SSSR count). The number of hydrogen-bond donors (Lipinski definition) is 0. The number of carbonyl (C=O) groups is 1. The topological polar surface area (TPSA) is 53.3 Å². The molecule has 1 aromatic rings. The fourth-order valence-electron chi connectivity index (χ4n) is 1.26. The molecule has 1 saturated heterocycles. The van der Waals surface area contributed by atoms with Crippen LogP contribution in [0.25, 0.3) is 0 Å². The molecule has 1 aromatic carbocycles. The van der Waals surface area contributed by atoms with Crippen LogP contribution >= 0.6 is 0 Å². The summed E-state index contributed by atoms with van der Waals surface area (Å²) < 4.78 is 5.10. The second kappa shape index (κ2) is 4.01. The largest absolute Gasteiger partial charge is 0.415 e. The smallest absolute Gasteiger partial charge is 0.410 e. The maximum Gasteiger partial charge on any atom is 0.415 e. The third-order valence-electron chi connectivity index (χ3n) is 2.30. The predicted octanol–water partition coefficient (Wildman–Crippen LogP) is 1.76. The van der Waals surface area contributed by atoms with Crippen LogP contribution in [0.15, 0.2) is 24.3 Å². The van der Waals surface area contributed by atoms with Gasteiger partial charge in [-0.1, -0.05) is 0 Å². The molecule has 1 heterocycles. The van der Waals surface area contributed by atoms with Gasteiger partial charge in [0.1, 0.15) is 5.75 Å². The van der Waals surface area contributed by atoms with Crippen molar-refractivity contribution in [1.82, 2.24) is 4.90 Å². The molecule has 0 aliphatic carbocycles. The Labute approximate surface area is 87.7 Å². The quantitative estimate of drug-likeness (QED) is 0.697. The van der Waals surface area contributed by atoms with Crippen LogP contribution in [0.5, 0.6) is 5.75 Å². The van der Waals surface area contributed by atoms with Gasteiger partial charge in [0.2, 0.25) is 0 Å². The molecular formula is C11H10N2O2. The SMILES string of the molecule is N#Cc1ccc(OC(=O)N2CCC2)cc1. The average molecular weight is 202 g/mol. The van der Waals surface area contributed by atoms with E-state index in [1.54, 1.807) is 29.2 Å². The minimum atomic E-state index is -0.314. The van der Waals surface area contributed by atoms with Gasteiger partial charge in [0.25, 0.3) is 0 Å². The highest BCUT2D eigenvalue weighted by Gasteiger charge is 2.21. The third-order valence-corrected chi connectivity index (χ3v) is 2.30. The van der Waals surface area contributed by atoms with E-state index in [-0.39, 0.29) is 6.09 Å². The van der Waals surface area contributed by atoms with Crippen molar-refractivity contribution in [1.29, 1.82) is 5.26 Å². The number of ether oxygens (including phenoxy) is 1. The first-order valence-electron chi connectivity index (χ1n) is 4.76. The van der Waals surface area contributed by atoms with Gasteiger partial charge in [0.05, 0.1) is 11.6 Å². The summed E-state index contributed by atoms with van der Waals surface area (Å²) in [6, 6.07) is 8.49. The molecule has 0 N–H and O–H groups in total. The molecule has 0 aromatic heterocycles. The van der Waals surface area contributed by atoms with E-state index in [4.69, 9.17) is 10.00 Å². The van der Waals surface area contributed by atoms with Crippen LogP contribution in [-0.4, -0.2) is 24.1 Å². The second-order valence-electron chi connectivity index (χ2n) is 3.34. The molecule has 0 radical (unpaired) electrons. The van der Waals surface area contributed by atoms with Crippen molar-refractivity contribution in [2.75, 3.05) is 13.1 Å². The average Bonchev–Trinajstić information content (AvgIpc) is 2.16. The number of nitrogens with zero attached hydrogens (tertiary/aromatic N) is 2. The lowest BCUT2D eigenvalue weighted by Gasteiger charge is -2.29. The summed E-state index contributed by atoms with van der Waals surface area (Å²) in [6.07, 6.45) is 0.730. The normalized spacial score (nSPS) is 13.9. The van der Waals surface area contributed by atoms with Crippen molar-refractivity contribution < 1.29 is 9.53 Å². The minimum Gasteiger partial charge on any atom is -0.410 e. The highest BCUT2D eigenvalue weighted by atomic mass is 16.6. The summed E-state index contributed by atoms with van der Waals surface area (Å²) in [5.74, 6) is 0.478. The van der Waals surface area contributed by atoms with E-state index < -0.39 is 0 Å². The van der Waals surface area contributed by atoms with E-state index >= 15 is 0 Å². The zero-order valence-electron chi connectivity index (χ0n) is 8.14. The van der Waals surface area contributed by atoms with Gasteiger partial charge in [-0.25, -0.2) is 4.79 Å². The van der Waals surface area contributed by atoms with Gasteiger partial charge in [0, 0.05) is 13.1 Å². The van der Waals surface area contributed by atoms with Crippen LogP contribution in [0.3, 0.4) is 0 Å². The highest BCUT2D eigenvalue weighted by Crippen LogP contribution is 2.15. The Morgan fingerprint density at radius 2 is 2.00 bits per heavy atom. The van der Waals surface area contributed by atoms with Crippen molar-refractivity contribution in [2.24, 2.45) is 0 Å². The molecule has 0 spiro atoms. The van der Waals surface area contributed by atoms with E-state index in [1.165, 1.54) is 0 Å². The molecule has 0 saturated carbocycles. The van der Waals surface area contributed by atoms with Gasteiger partial charge in [-0.2, -0.15) is 5.26 Å². The van der Waals surface area contributed by atoms with Crippen molar-refractivity contribution in [2.45, 2.75) is 6.42 Å². The van der Waals surface area contributed by atoms with Crippen LogP contribution in [0.2, 0.25) is 0 Å². The maximum atomic E-state index is 11.4. The molecule has 0 bridgehead atoms. The lowest BCUT2D eigenvalue weighted by molar-refractivity contribution is 0.125. The molecule has 1 amide bonds. The fourth-order valence-corrected chi connectivity index (χ4v) is 1.26. The molecule has 15 heavy (non-hydrogen) atoms. The van der Waals surface area contributed by atoms with Gasteiger partial charge >= 0.3 is 6.09 Å². The number of nitriles is 1. The number of carbonyl (C=O) groups excluding carboxylic acids is 1. The third kappa shape index (κ3) is 2.08. The fraction of sp³-hybridized carbons (Fsp3) is 0.273. The molecule has 1 fully saturated rings. The first-order valence-corrected chi connectivity index (χ1v) is 4.76. The summed E-state index contributed by atoms with van der Waals surface area (Å²) >= 11 is 0. The summed E-state index contributed by atoms with van der Waals surface area (Å²) in [5, 5.41) is 8.58. The van der Waals surface area contributed by atoms with Crippen molar-refractivity contribution in [3.63, 3.8) is 0 Å². The van der Waals surface area contributed by atoms with Gasteiger partial charge in [0.15, 0.2) is 0 Å². The van der Waals surface area contributed by atoms with Crippen molar-refractivity contribution in [3.8, 4) is 11.8 Å². The molecule has 4 nitrogen and oxygen atoms in total. The summed E-state index contributed by atoms with van der Waals surface area (Å²) in [6.45, 7) is 1.55. The maximum absolute atomic E-state index is 11.4. The van der Waals surface area contributed by atoms with Gasteiger partial charge in [-0.15, -0.1) is 0 Å². The summed E-state index contributed by atoms with van der Waals surface area (Å²) in [4.78, 5) is 13.0. The zero-order chi connectivity index (χ0) is 10.7. The van der Waals surface area contributed by atoms with Crippen LogP contribution < -0.4 is 4.74 Å². The van der Waals surface area contributed by atoms with E-state index in [1.807, 2.05) is 6.07 Å². The highest BCUT2D eigenvalue weighted by molar-refractivity contribution is 5.71. The van der Waals surface area contributed by atoms with E-state index in [9.17, 15) is 4.79 Å². The first kappa shape index (κ1) is 9.53. The number of benzene rings is 1. The molecule has 0 unspecified atom stereocenters. The molecule has 0 atom stereocenters. The van der Waals surface area contributed by atoms with E-state index in [0.717, 1.165) is 19.5 Å². The molecule has 4 heteroatoms. The van der Waals surface area contributed by atoms with Crippen LogP contribution in [0.1, 0.15) is 12.0 Å². The number of hydrogen-bond acceptors (Lipinski definition) is 3. The number of amides is 1. The number of likely N-dealkylation sites (tertiary alicyclic amines) is 1. The monoisotopic (exact) mass is 202 g/mol. The molecular weight excluding hydrogens is 192 g/mol. The van der Waals surface area contributed by atoms with Crippen LogP contribution in [0, 0.1) is 11.3 Å². The Bertz CT molecular complexity index is 402. The molecule has 1 aliphatic heterocycles. The Morgan fingerprint density at radius 3 is 2.47 bits per heavy atom. The predicted molar refractivity (Wildman–Crippen MR) is 53.4 cm³/mol. The van der Waals surface area contributed by atoms with Gasteiger partial charge < -0.3 is 9.64 Å². The Balaban J connectivity index is 1.98. The van der Waals surface area contributed by atoms with Crippen LogP contribution in [0.4, 0.5) is 4.79 Å². The summed E-state index contributed by atoms with van der Waals surface area (Å²) in [7, 11) is 0. The standard InChI is InChI=1S/C11H10N2O2/c12-8-9-2-4-10(5-3-9)15-11(14)13-6-1-7-13/h2-5H,1,6-7H2. The first-order chi connectivity index (χ1) is 7.29. The number of rotatable bonds is 1. The van der Waals surface area contributed by atoms with Crippen LogP contribution in [-0.2, 0) is 0 Å². The Kier molecular flexibility index (Phi) is 2.55. The lowest BCUT2D eigenvalue weighted by Crippen LogP contribution is -2.43. The van der Waals surface area contributed by atoms with Gasteiger partial charge in [-0.3, -0.25) is 0 Å². The zero-order valence-corrected chi connectivity index (χ0v) is 8.14. The lowest BCUT2D eigenvalue weighted by atomic mass is 10.2. The minimum absolute atomic E-state index is 0.314. The van der Waals surface area contributed by atoms with E-state index in [2.05, 4.69) is 0 Å². The summed E-state index contributed by atoms with van der Waals surface area (Å²) in [5.41, 5.74) is 0.554. The van der Waals surface area contributed by atoms with Crippen molar-refractivity contribution in [3.05, 3.63) is 29.8 Å². The Morgan fingerprint density at radius 1 is 1.33 bits per heavy atom. The molecule has 1 aliphatic rings. The second-order valence-corrected chi connectivity index (χ2v) is 3.34. The van der Waals surface area contributed by atoms with Crippen molar-refractivity contribution >= 4 is 6.09 Å².